The topological polar surface area (TPSA) is 15.3 Å². The molecule has 17 heavy (non-hydrogen) atoms. The molecule has 1 aromatic rings. The van der Waals surface area contributed by atoms with Gasteiger partial charge in [-0.25, -0.2) is 0 Å². The minimum atomic E-state index is 0.612. The maximum absolute atomic E-state index is 3.69. The van der Waals surface area contributed by atoms with Crippen molar-refractivity contribution in [3.05, 3.63) is 34.3 Å². The van der Waals surface area contributed by atoms with Gasteiger partial charge in [0.05, 0.1) is 0 Å². The molecule has 1 aliphatic heterocycles. The highest BCUT2D eigenvalue weighted by Crippen LogP contribution is 2.34. The molecule has 1 saturated heterocycles. The first-order valence-corrected chi connectivity index (χ1v) is 7.09. The number of hydrogen-bond donors (Lipinski definition) is 1. The van der Waals surface area contributed by atoms with Crippen molar-refractivity contribution in [1.82, 2.24) is 10.2 Å². The van der Waals surface area contributed by atoms with Crippen molar-refractivity contribution >= 4 is 15.9 Å². The van der Waals surface area contributed by atoms with Crippen LogP contribution in [-0.4, -0.2) is 38.6 Å². The van der Waals surface area contributed by atoms with Gasteiger partial charge in [0.15, 0.2) is 0 Å². The Hall–Kier alpha value is -0.380. The van der Waals surface area contributed by atoms with Gasteiger partial charge in [-0.05, 0) is 44.6 Å². The third-order valence-corrected chi connectivity index (χ3v) is 4.45. The number of nitrogens with zero attached hydrogens (tertiary/aromatic N) is 1. The third kappa shape index (κ3) is 3.09. The van der Waals surface area contributed by atoms with Crippen LogP contribution in [0.4, 0.5) is 0 Å². The van der Waals surface area contributed by atoms with Crippen LogP contribution in [0.15, 0.2) is 28.7 Å². The summed E-state index contributed by atoms with van der Waals surface area (Å²) in [6.45, 7) is 3.50. The Bertz CT molecular complexity index is 367. The predicted molar refractivity (Wildman–Crippen MR) is 76.4 cm³/mol. The van der Waals surface area contributed by atoms with Gasteiger partial charge in [0.1, 0.15) is 0 Å². The van der Waals surface area contributed by atoms with E-state index < -0.39 is 0 Å². The lowest BCUT2D eigenvalue weighted by atomic mass is 9.85. The van der Waals surface area contributed by atoms with Crippen LogP contribution in [0.5, 0.6) is 0 Å². The van der Waals surface area contributed by atoms with Gasteiger partial charge in [0.2, 0.25) is 0 Å². The fourth-order valence-electron chi connectivity index (χ4n) is 2.82. The van der Waals surface area contributed by atoms with Gasteiger partial charge >= 0.3 is 0 Å². The number of halogens is 1. The van der Waals surface area contributed by atoms with Gasteiger partial charge in [-0.3, -0.25) is 0 Å². The normalized spacial score (nSPS) is 22.9. The van der Waals surface area contributed by atoms with Gasteiger partial charge in [0, 0.05) is 23.5 Å². The molecule has 1 aliphatic rings. The van der Waals surface area contributed by atoms with Gasteiger partial charge in [0.25, 0.3) is 0 Å². The molecule has 0 aromatic heterocycles. The van der Waals surface area contributed by atoms with Crippen molar-refractivity contribution in [3.8, 4) is 0 Å². The van der Waals surface area contributed by atoms with Crippen LogP contribution >= 0.6 is 15.9 Å². The second kappa shape index (κ2) is 5.98. The fraction of sp³-hybridized carbons (Fsp3) is 0.571. The van der Waals surface area contributed by atoms with Crippen molar-refractivity contribution in [1.29, 1.82) is 0 Å². The van der Waals surface area contributed by atoms with Crippen LogP contribution < -0.4 is 5.32 Å². The molecule has 1 heterocycles. The lowest BCUT2D eigenvalue weighted by Crippen LogP contribution is -2.26. The molecular weight excluding hydrogens is 276 g/mol. The Kier molecular flexibility index (Phi) is 4.60. The second-order valence-corrected chi connectivity index (χ2v) is 5.85. The van der Waals surface area contributed by atoms with E-state index in [1.54, 1.807) is 0 Å². The molecule has 0 aliphatic carbocycles. The third-order valence-electron chi connectivity index (χ3n) is 3.73. The van der Waals surface area contributed by atoms with Gasteiger partial charge in [-0.1, -0.05) is 34.1 Å². The molecule has 2 atom stereocenters. The molecule has 0 amide bonds. The van der Waals surface area contributed by atoms with E-state index in [0.717, 1.165) is 12.5 Å². The molecule has 0 bridgehead atoms. The Morgan fingerprint density at radius 1 is 1.47 bits per heavy atom. The molecule has 2 nitrogen and oxygen atoms in total. The predicted octanol–water partition coefficient (Wildman–Crippen LogP) is 2.70. The molecular formula is C14H21BrN2. The van der Waals surface area contributed by atoms with E-state index in [1.165, 1.54) is 29.5 Å². The maximum atomic E-state index is 3.69. The summed E-state index contributed by atoms with van der Waals surface area (Å²) >= 11 is 3.69. The zero-order valence-electron chi connectivity index (χ0n) is 10.6. The molecule has 0 spiro atoms. The van der Waals surface area contributed by atoms with Gasteiger partial charge in [-0.15, -0.1) is 0 Å². The monoisotopic (exact) mass is 296 g/mol. The average Bonchev–Trinajstić information content (AvgIpc) is 2.74. The average molecular weight is 297 g/mol. The zero-order valence-corrected chi connectivity index (χ0v) is 12.2. The summed E-state index contributed by atoms with van der Waals surface area (Å²) in [4.78, 5) is 2.43. The van der Waals surface area contributed by atoms with Crippen molar-refractivity contribution < 1.29 is 0 Å². The van der Waals surface area contributed by atoms with Crippen LogP contribution in [-0.2, 0) is 0 Å². The van der Waals surface area contributed by atoms with E-state index in [2.05, 4.69) is 57.5 Å². The van der Waals surface area contributed by atoms with Gasteiger partial charge < -0.3 is 10.2 Å². The Morgan fingerprint density at radius 2 is 2.24 bits per heavy atom. The minimum absolute atomic E-state index is 0.612. The number of rotatable bonds is 4. The molecule has 2 rings (SSSR count). The Balaban J connectivity index is 2.20. The second-order valence-electron chi connectivity index (χ2n) is 5.00. The van der Waals surface area contributed by atoms with Crippen molar-refractivity contribution in [2.24, 2.45) is 5.92 Å². The first kappa shape index (κ1) is 13.1. The van der Waals surface area contributed by atoms with Crippen molar-refractivity contribution in [3.63, 3.8) is 0 Å². The summed E-state index contributed by atoms with van der Waals surface area (Å²) in [5.74, 6) is 1.38. The van der Waals surface area contributed by atoms with Crippen molar-refractivity contribution in [2.75, 3.05) is 33.7 Å². The molecule has 1 aromatic carbocycles. The summed E-state index contributed by atoms with van der Waals surface area (Å²) < 4.78 is 1.25. The number of hydrogen-bond acceptors (Lipinski definition) is 2. The van der Waals surface area contributed by atoms with E-state index >= 15 is 0 Å². The van der Waals surface area contributed by atoms with E-state index in [0.29, 0.717) is 5.92 Å². The maximum Gasteiger partial charge on any atom is 0.0210 e. The van der Waals surface area contributed by atoms with Crippen LogP contribution in [0.1, 0.15) is 17.9 Å². The van der Waals surface area contributed by atoms with Crippen LogP contribution in [0.25, 0.3) is 0 Å². The molecule has 1 N–H and O–H groups in total. The number of benzene rings is 1. The summed E-state index contributed by atoms with van der Waals surface area (Å²) in [5.41, 5.74) is 1.45. The summed E-state index contributed by atoms with van der Waals surface area (Å²) in [7, 11) is 4.26. The smallest absolute Gasteiger partial charge is 0.0210 e. The first-order chi connectivity index (χ1) is 8.22. The number of nitrogens with one attached hydrogen (secondary N) is 1. The standard InChI is InChI=1S/C14H21BrN2/c1-16-9-13(11-7-8-17(2)10-11)12-5-3-4-6-14(12)15/h3-6,11,13,16H,7-10H2,1-2H3. The number of likely N-dealkylation sites (tertiary alicyclic amines) is 1. The highest BCUT2D eigenvalue weighted by atomic mass is 79.9. The van der Waals surface area contributed by atoms with E-state index in [9.17, 15) is 0 Å². The van der Waals surface area contributed by atoms with Crippen molar-refractivity contribution in [2.45, 2.75) is 12.3 Å². The quantitative estimate of drug-likeness (QED) is 0.919. The molecule has 0 radical (unpaired) electrons. The summed E-state index contributed by atoms with van der Waals surface area (Å²) in [6, 6.07) is 8.63. The Morgan fingerprint density at radius 3 is 2.82 bits per heavy atom. The van der Waals surface area contributed by atoms with E-state index in [4.69, 9.17) is 0 Å². The SMILES string of the molecule is CNCC(c1ccccc1Br)C1CCN(C)C1. The summed E-state index contributed by atoms with van der Waals surface area (Å²) in [5, 5.41) is 3.35. The minimum Gasteiger partial charge on any atom is -0.319 e. The molecule has 2 unspecified atom stereocenters. The first-order valence-electron chi connectivity index (χ1n) is 6.30. The molecule has 1 fully saturated rings. The van der Waals surface area contributed by atoms with Gasteiger partial charge in [-0.2, -0.15) is 0 Å². The fourth-order valence-corrected chi connectivity index (χ4v) is 3.40. The highest BCUT2D eigenvalue weighted by molar-refractivity contribution is 9.10. The van der Waals surface area contributed by atoms with E-state index in [1.807, 2.05) is 7.05 Å². The van der Waals surface area contributed by atoms with E-state index in [-0.39, 0.29) is 0 Å². The van der Waals surface area contributed by atoms with Crippen LogP contribution in [0, 0.1) is 5.92 Å². The zero-order chi connectivity index (χ0) is 12.3. The van der Waals surface area contributed by atoms with Crippen LogP contribution in [0.3, 0.4) is 0 Å². The lowest BCUT2D eigenvalue weighted by molar-refractivity contribution is 0.365. The Labute approximate surface area is 113 Å². The molecule has 94 valence electrons. The lowest BCUT2D eigenvalue weighted by Gasteiger charge is -2.25. The molecule has 0 saturated carbocycles. The largest absolute Gasteiger partial charge is 0.319 e. The van der Waals surface area contributed by atoms with Crippen LogP contribution in [0.2, 0.25) is 0 Å². The molecule has 3 heteroatoms. The number of likely N-dealkylation sites (N-methyl/N-ethyl adjacent to an activating group) is 1. The summed E-state index contributed by atoms with van der Waals surface area (Å²) in [6.07, 6.45) is 1.31. The highest BCUT2D eigenvalue weighted by Gasteiger charge is 2.29.